The molecule has 0 aliphatic rings. The van der Waals surface area contributed by atoms with Gasteiger partial charge in [0, 0.05) is 6.54 Å². The lowest BCUT2D eigenvalue weighted by Gasteiger charge is -2.27. The van der Waals surface area contributed by atoms with E-state index >= 15 is 0 Å². The van der Waals surface area contributed by atoms with Gasteiger partial charge in [0.05, 0.1) is 0 Å². The van der Waals surface area contributed by atoms with Crippen LogP contribution in [0, 0.1) is 17.3 Å². The van der Waals surface area contributed by atoms with Gasteiger partial charge >= 0.3 is 0 Å². The van der Waals surface area contributed by atoms with Gasteiger partial charge in [-0.25, -0.2) is 0 Å². The minimum atomic E-state index is 0.307. The SMILES string of the molecule is C=C(CCCCCCCCC)CC(C)(C)CC(=C)CCCCCCCN(CCCCCCCC)CC(C)CCCCCC.CCCCCCC(C)CN. The van der Waals surface area contributed by atoms with Crippen LogP contribution in [0.1, 0.15) is 261 Å². The van der Waals surface area contributed by atoms with Crippen molar-refractivity contribution in [2.75, 3.05) is 26.2 Å². The second kappa shape index (κ2) is 41.0. The molecule has 0 rings (SSSR count). The van der Waals surface area contributed by atoms with E-state index in [-0.39, 0.29) is 0 Å². The Morgan fingerprint density at radius 2 is 0.792 bits per heavy atom. The first-order chi connectivity index (χ1) is 25.5. The van der Waals surface area contributed by atoms with E-state index in [0.29, 0.717) is 5.41 Å². The van der Waals surface area contributed by atoms with E-state index < -0.39 is 0 Å². The molecule has 0 amide bonds. The first kappa shape index (κ1) is 54.5. The van der Waals surface area contributed by atoms with Gasteiger partial charge in [-0.1, -0.05) is 221 Å². The van der Waals surface area contributed by atoms with Crippen LogP contribution in [0.5, 0.6) is 0 Å². The molecule has 0 aliphatic heterocycles. The number of hydrogen-bond donors (Lipinski definition) is 1. The highest BCUT2D eigenvalue weighted by Crippen LogP contribution is 2.34. The van der Waals surface area contributed by atoms with Crippen molar-refractivity contribution in [1.29, 1.82) is 0 Å². The summed E-state index contributed by atoms with van der Waals surface area (Å²) in [7, 11) is 0. The Hall–Kier alpha value is -0.600. The third-order valence-electron chi connectivity index (χ3n) is 11.5. The summed E-state index contributed by atoms with van der Waals surface area (Å²) in [6.07, 6.45) is 43.6. The van der Waals surface area contributed by atoms with Crippen molar-refractivity contribution in [3.05, 3.63) is 24.3 Å². The summed E-state index contributed by atoms with van der Waals surface area (Å²) >= 11 is 0. The molecule has 0 aromatic heterocycles. The largest absolute Gasteiger partial charge is 0.330 e. The van der Waals surface area contributed by atoms with Crippen molar-refractivity contribution < 1.29 is 0 Å². The standard InChI is InChI=1S/C42H83N.C9H21N/c1-9-12-15-18-20-22-27-31-39(4)36-42(7,8)37-40(5)32-28-23-21-25-30-35-43(34-29-24-19-16-13-10-2)38-41(6)33-26-17-14-11-3;1-3-4-5-6-7-9(2)8-10/h41H,4-5,9-38H2,1-3,6-8H3;9H,3-8,10H2,1-2H3. The monoisotopic (exact) mass is 745 g/mol. The molecule has 2 unspecified atom stereocenters. The fraction of sp³-hybridized carbons (Fsp3) is 0.922. The van der Waals surface area contributed by atoms with Crippen molar-refractivity contribution in [3.8, 4) is 0 Å². The van der Waals surface area contributed by atoms with E-state index in [0.717, 1.165) is 31.2 Å². The number of allylic oxidation sites excluding steroid dienone is 2. The molecule has 0 saturated carbocycles. The summed E-state index contributed by atoms with van der Waals surface area (Å²) in [5, 5.41) is 0. The Morgan fingerprint density at radius 3 is 1.17 bits per heavy atom. The Morgan fingerprint density at radius 1 is 0.472 bits per heavy atom. The fourth-order valence-corrected chi connectivity index (χ4v) is 8.06. The van der Waals surface area contributed by atoms with Crippen LogP contribution >= 0.6 is 0 Å². The molecule has 0 bridgehead atoms. The quantitative estimate of drug-likeness (QED) is 0.0500. The molecule has 53 heavy (non-hydrogen) atoms. The molecule has 2 nitrogen and oxygen atoms in total. The first-order valence-electron chi connectivity index (χ1n) is 24.3. The van der Waals surface area contributed by atoms with Crippen molar-refractivity contribution in [2.45, 2.75) is 261 Å². The number of hydrogen-bond acceptors (Lipinski definition) is 2. The molecule has 318 valence electrons. The van der Waals surface area contributed by atoms with Crippen LogP contribution in [0.2, 0.25) is 0 Å². The van der Waals surface area contributed by atoms with E-state index in [9.17, 15) is 0 Å². The smallest absolute Gasteiger partial charge is 0.000702 e. The van der Waals surface area contributed by atoms with Crippen LogP contribution in [0.4, 0.5) is 0 Å². The maximum Gasteiger partial charge on any atom is 0.000702 e. The lowest BCUT2D eigenvalue weighted by Crippen LogP contribution is -2.30. The second-order valence-electron chi connectivity index (χ2n) is 18.6. The predicted molar refractivity (Wildman–Crippen MR) is 246 cm³/mol. The molecule has 0 heterocycles. The van der Waals surface area contributed by atoms with Crippen LogP contribution in [-0.4, -0.2) is 31.1 Å². The van der Waals surface area contributed by atoms with E-state index in [1.165, 1.54) is 223 Å². The normalized spacial score (nSPS) is 12.9. The predicted octanol–water partition coefficient (Wildman–Crippen LogP) is 17.2. The Labute approximate surface area is 338 Å². The summed E-state index contributed by atoms with van der Waals surface area (Å²) in [6.45, 7) is 32.5. The molecule has 0 spiro atoms. The Kier molecular flexibility index (Phi) is 42.2. The van der Waals surface area contributed by atoms with Gasteiger partial charge in [0.25, 0.3) is 0 Å². The maximum absolute atomic E-state index is 5.49. The zero-order valence-corrected chi connectivity index (χ0v) is 38.5. The highest BCUT2D eigenvalue weighted by Gasteiger charge is 2.20. The minimum absolute atomic E-state index is 0.307. The van der Waals surface area contributed by atoms with Gasteiger partial charge in [0.1, 0.15) is 0 Å². The molecule has 0 aromatic carbocycles. The summed E-state index contributed by atoms with van der Waals surface area (Å²) in [6, 6.07) is 0. The van der Waals surface area contributed by atoms with Crippen molar-refractivity contribution in [2.24, 2.45) is 23.0 Å². The molecule has 0 radical (unpaired) electrons. The van der Waals surface area contributed by atoms with Crippen molar-refractivity contribution >= 4 is 0 Å². The summed E-state index contributed by atoms with van der Waals surface area (Å²) in [4.78, 5) is 2.83. The third-order valence-corrected chi connectivity index (χ3v) is 11.5. The molecule has 0 aliphatic carbocycles. The van der Waals surface area contributed by atoms with Gasteiger partial charge in [-0.15, -0.1) is 0 Å². The van der Waals surface area contributed by atoms with Crippen molar-refractivity contribution in [1.82, 2.24) is 4.90 Å². The molecule has 0 aromatic rings. The Balaban J connectivity index is 0. The van der Waals surface area contributed by atoms with E-state index in [1.807, 2.05) is 0 Å². The molecular formula is C51H104N2. The van der Waals surface area contributed by atoms with Crippen LogP contribution in [0.3, 0.4) is 0 Å². The average Bonchev–Trinajstić information content (AvgIpc) is 3.12. The van der Waals surface area contributed by atoms with Gasteiger partial charge in [-0.3, -0.25) is 0 Å². The lowest BCUT2D eigenvalue weighted by atomic mass is 9.78. The fourth-order valence-electron chi connectivity index (χ4n) is 8.06. The molecule has 2 atom stereocenters. The zero-order chi connectivity index (χ0) is 39.8. The first-order valence-corrected chi connectivity index (χ1v) is 24.3. The number of nitrogens with two attached hydrogens (primary N) is 1. The maximum atomic E-state index is 5.49. The number of rotatable bonds is 40. The van der Waals surface area contributed by atoms with E-state index in [1.54, 1.807) is 0 Å². The van der Waals surface area contributed by atoms with Gasteiger partial charge in [-0.2, -0.15) is 0 Å². The lowest BCUT2D eigenvalue weighted by molar-refractivity contribution is 0.220. The van der Waals surface area contributed by atoms with Gasteiger partial charge < -0.3 is 10.6 Å². The number of nitrogens with zero attached hydrogens (tertiary/aromatic N) is 1. The second-order valence-corrected chi connectivity index (χ2v) is 18.6. The molecule has 2 heteroatoms. The van der Waals surface area contributed by atoms with Crippen LogP contribution in [0.25, 0.3) is 0 Å². The van der Waals surface area contributed by atoms with E-state index in [4.69, 9.17) is 5.73 Å². The summed E-state index contributed by atoms with van der Waals surface area (Å²) in [5.41, 5.74) is 8.72. The van der Waals surface area contributed by atoms with Crippen LogP contribution < -0.4 is 5.73 Å². The van der Waals surface area contributed by atoms with Gasteiger partial charge in [0.2, 0.25) is 0 Å². The summed E-state index contributed by atoms with van der Waals surface area (Å²) < 4.78 is 0. The summed E-state index contributed by atoms with van der Waals surface area (Å²) in [5.74, 6) is 1.58. The minimum Gasteiger partial charge on any atom is -0.330 e. The average molecular weight is 745 g/mol. The molecular weight excluding hydrogens is 641 g/mol. The number of unbranched alkanes of at least 4 members (excludes halogenated alkanes) is 21. The third kappa shape index (κ3) is 42.4. The van der Waals surface area contributed by atoms with Crippen molar-refractivity contribution in [3.63, 3.8) is 0 Å². The van der Waals surface area contributed by atoms with Gasteiger partial charge in [0.15, 0.2) is 0 Å². The topological polar surface area (TPSA) is 29.3 Å². The molecule has 2 N–H and O–H groups in total. The van der Waals surface area contributed by atoms with Crippen LogP contribution in [0.15, 0.2) is 24.3 Å². The molecule has 0 saturated heterocycles. The van der Waals surface area contributed by atoms with Gasteiger partial charge in [-0.05, 0) is 101 Å². The molecule has 0 fully saturated rings. The Bertz CT molecular complexity index is 753. The van der Waals surface area contributed by atoms with Crippen LogP contribution in [-0.2, 0) is 0 Å². The van der Waals surface area contributed by atoms with E-state index in [2.05, 4.69) is 73.4 Å². The highest BCUT2D eigenvalue weighted by atomic mass is 15.1. The zero-order valence-electron chi connectivity index (χ0n) is 38.5. The highest BCUT2D eigenvalue weighted by molar-refractivity contribution is 5.04.